The summed E-state index contributed by atoms with van der Waals surface area (Å²) in [5, 5.41) is 0.440. The average Bonchev–Trinajstić information content (AvgIpc) is 1.94. The summed E-state index contributed by atoms with van der Waals surface area (Å²) in [7, 11) is 1.85. The maximum Gasteiger partial charge on any atom is 0.247 e. The Bertz CT molecular complexity index is 245. The smallest absolute Gasteiger partial charge is 0.247 e. The predicted molar refractivity (Wildman–Crippen MR) is 43.8 cm³/mol. The van der Waals surface area contributed by atoms with Crippen LogP contribution in [0.15, 0.2) is 22.9 Å². The van der Waals surface area contributed by atoms with E-state index in [1.807, 2.05) is 11.9 Å². The van der Waals surface area contributed by atoms with Gasteiger partial charge in [0, 0.05) is 19.8 Å². The lowest BCUT2D eigenvalue weighted by Gasteiger charge is -2.19. The van der Waals surface area contributed by atoms with Crippen molar-refractivity contribution in [2.24, 2.45) is 5.73 Å². The Morgan fingerprint density at radius 1 is 1.82 bits per heavy atom. The molecule has 4 heteroatoms. The SMILES string of the molecule is CN1C=CC(Cl)=C(C(N)=O)C1. The molecule has 2 N–H and O–H groups in total. The number of carbonyl (C=O) groups is 1. The highest BCUT2D eigenvalue weighted by atomic mass is 35.5. The molecule has 0 saturated heterocycles. The summed E-state index contributed by atoms with van der Waals surface area (Å²) < 4.78 is 0. The zero-order valence-electron chi connectivity index (χ0n) is 6.17. The second-order valence-corrected chi connectivity index (χ2v) is 2.83. The van der Waals surface area contributed by atoms with Crippen LogP contribution in [0.5, 0.6) is 0 Å². The van der Waals surface area contributed by atoms with Gasteiger partial charge in [-0.1, -0.05) is 11.6 Å². The van der Waals surface area contributed by atoms with Crippen LogP contribution in [-0.4, -0.2) is 24.4 Å². The highest BCUT2D eigenvalue weighted by Crippen LogP contribution is 2.16. The number of hydrogen-bond acceptors (Lipinski definition) is 2. The summed E-state index contributed by atoms with van der Waals surface area (Å²) >= 11 is 5.71. The maximum atomic E-state index is 10.7. The van der Waals surface area contributed by atoms with E-state index in [2.05, 4.69) is 0 Å². The molecule has 0 spiro atoms. The largest absolute Gasteiger partial charge is 0.376 e. The molecule has 60 valence electrons. The minimum atomic E-state index is -0.453. The Morgan fingerprint density at radius 2 is 2.45 bits per heavy atom. The lowest BCUT2D eigenvalue weighted by Crippen LogP contribution is -2.26. The molecular weight excluding hydrogens is 164 g/mol. The molecule has 11 heavy (non-hydrogen) atoms. The van der Waals surface area contributed by atoms with E-state index in [4.69, 9.17) is 17.3 Å². The zero-order chi connectivity index (χ0) is 8.43. The number of hydrogen-bond donors (Lipinski definition) is 1. The van der Waals surface area contributed by atoms with Crippen molar-refractivity contribution in [3.8, 4) is 0 Å². The van der Waals surface area contributed by atoms with Gasteiger partial charge in [-0.25, -0.2) is 0 Å². The Balaban J connectivity index is 2.90. The van der Waals surface area contributed by atoms with Gasteiger partial charge in [-0.05, 0) is 6.08 Å². The standard InChI is InChI=1S/C7H9ClN2O/c1-10-3-2-6(8)5(4-10)7(9)11/h2-3H,4H2,1H3,(H2,9,11). The van der Waals surface area contributed by atoms with Crippen LogP contribution in [0.3, 0.4) is 0 Å². The van der Waals surface area contributed by atoms with Crippen LogP contribution >= 0.6 is 11.6 Å². The molecule has 0 unspecified atom stereocenters. The molecule has 1 amide bonds. The fraction of sp³-hybridized carbons (Fsp3) is 0.286. The Labute approximate surface area is 70.1 Å². The Hall–Kier alpha value is -0.960. The van der Waals surface area contributed by atoms with E-state index in [-0.39, 0.29) is 0 Å². The first-order chi connectivity index (χ1) is 5.11. The molecular formula is C7H9ClN2O. The molecule has 0 aromatic carbocycles. The number of rotatable bonds is 1. The number of likely N-dealkylation sites (N-methyl/N-ethyl adjacent to an activating group) is 1. The third-order valence-corrected chi connectivity index (χ3v) is 1.82. The van der Waals surface area contributed by atoms with Crippen molar-refractivity contribution in [3.63, 3.8) is 0 Å². The molecule has 0 fully saturated rings. The number of amides is 1. The monoisotopic (exact) mass is 172 g/mol. The van der Waals surface area contributed by atoms with E-state index in [1.165, 1.54) is 0 Å². The third kappa shape index (κ3) is 1.74. The van der Waals surface area contributed by atoms with Crippen LogP contribution in [0.2, 0.25) is 0 Å². The Kier molecular flexibility index (Phi) is 2.19. The first-order valence-electron chi connectivity index (χ1n) is 3.18. The van der Waals surface area contributed by atoms with Crippen molar-refractivity contribution in [1.29, 1.82) is 0 Å². The number of carbonyl (C=O) groups excluding carboxylic acids is 1. The van der Waals surface area contributed by atoms with E-state index in [0.717, 1.165) is 0 Å². The van der Waals surface area contributed by atoms with Crippen molar-refractivity contribution in [3.05, 3.63) is 22.9 Å². The van der Waals surface area contributed by atoms with E-state index in [1.54, 1.807) is 12.3 Å². The normalized spacial score (nSPS) is 17.5. The van der Waals surface area contributed by atoms with Gasteiger partial charge >= 0.3 is 0 Å². The second-order valence-electron chi connectivity index (χ2n) is 2.42. The summed E-state index contributed by atoms with van der Waals surface area (Å²) in [6.45, 7) is 0.491. The zero-order valence-corrected chi connectivity index (χ0v) is 6.93. The quantitative estimate of drug-likeness (QED) is 0.624. The number of halogens is 1. The number of primary amides is 1. The van der Waals surface area contributed by atoms with Crippen LogP contribution in [0.25, 0.3) is 0 Å². The van der Waals surface area contributed by atoms with Crippen LogP contribution in [0.1, 0.15) is 0 Å². The van der Waals surface area contributed by atoms with Gasteiger partial charge in [0.15, 0.2) is 0 Å². The molecule has 0 radical (unpaired) electrons. The van der Waals surface area contributed by atoms with Crippen LogP contribution in [0, 0.1) is 0 Å². The minimum Gasteiger partial charge on any atom is -0.376 e. The lowest BCUT2D eigenvalue weighted by molar-refractivity contribution is -0.114. The molecule has 3 nitrogen and oxygen atoms in total. The maximum absolute atomic E-state index is 10.7. The number of nitrogens with two attached hydrogens (primary N) is 1. The van der Waals surface area contributed by atoms with E-state index in [9.17, 15) is 4.79 Å². The fourth-order valence-corrected chi connectivity index (χ4v) is 1.08. The van der Waals surface area contributed by atoms with E-state index < -0.39 is 5.91 Å². The number of nitrogens with zero attached hydrogens (tertiary/aromatic N) is 1. The molecule has 1 aliphatic heterocycles. The van der Waals surface area contributed by atoms with Gasteiger partial charge in [0.1, 0.15) is 0 Å². The lowest BCUT2D eigenvalue weighted by atomic mass is 10.2. The number of allylic oxidation sites excluding steroid dienone is 2. The van der Waals surface area contributed by atoms with E-state index >= 15 is 0 Å². The van der Waals surface area contributed by atoms with Gasteiger partial charge < -0.3 is 10.6 Å². The topological polar surface area (TPSA) is 46.3 Å². The summed E-state index contributed by atoms with van der Waals surface area (Å²) in [6.07, 6.45) is 3.46. The predicted octanol–water partition coefficient (Wildman–Crippen LogP) is 0.424. The molecule has 1 rings (SSSR count). The van der Waals surface area contributed by atoms with Gasteiger partial charge in [-0.3, -0.25) is 4.79 Å². The van der Waals surface area contributed by atoms with Crippen LogP contribution in [-0.2, 0) is 4.79 Å². The first-order valence-corrected chi connectivity index (χ1v) is 3.56. The highest BCUT2D eigenvalue weighted by molar-refractivity contribution is 6.33. The third-order valence-electron chi connectivity index (χ3n) is 1.47. The molecule has 0 saturated carbocycles. The van der Waals surface area contributed by atoms with Crippen LogP contribution < -0.4 is 5.73 Å². The molecule has 0 aromatic heterocycles. The van der Waals surface area contributed by atoms with Gasteiger partial charge in [-0.15, -0.1) is 0 Å². The molecule has 1 heterocycles. The molecule has 1 aliphatic rings. The highest BCUT2D eigenvalue weighted by Gasteiger charge is 2.13. The molecule has 0 atom stereocenters. The van der Waals surface area contributed by atoms with Crippen molar-refractivity contribution < 1.29 is 4.79 Å². The van der Waals surface area contributed by atoms with E-state index in [0.29, 0.717) is 17.2 Å². The van der Waals surface area contributed by atoms with Crippen molar-refractivity contribution in [1.82, 2.24) is 4.90 Å². The van der Waals surface area contributed by atoms with Gasteiger partial charge in [0.05, 0.1) is 10.6 Å². The van der Waals surface area contributed by atoms with Crippen molar-refractivity contribution in [2.45, 2.75) is 0 Å². The van der Waals surface area contributed by atoms with Crippen LogP contribution in [0.4, 0.5) is 0 Å². The van der Waals surface area contributed by atoms with Crippen molar-refractivity contribution >= 4 is 17.5 Å². The average molecular weight is 173 g/mol. The molecule has 0 bridgehead atoms. The first kappa shape index (κ1) is 8.14. The fourth-order valence-electron chi connectivity index (χ4n) is 0.867. The second kappa shape index (κ2) is 2.96. The summed E-state index contributed by atoms with van der Waals surface area (Å²) in [5.74, 6) is -0.453. The van der Waals surface area contributed by atoms with Crippen molar-refractivity contribution in [2.75, 3.05) is 13.6 Å². The summed E-state index contributed by atoms with van der Waals surface area (Å²) in [6, 6.07) is 0. The molecule has 0 aromatic rings. The van der Waals surface area contributed by atoms with Gasteiger partial charge in [-0.2, -0.15) is 0 Å². The Morgan fingerprint density at radius 3 is 2.91 bits per heavy atom. The molecule has 0 aliphatic carbocycles. The minimum absolute atomic E-state index is 0.440. The summed E-state index contributed by atoms with van der Waals surface area (Å²) in [4.78, 5) is 12.6. The van der Waals surface area contributed by atoms with Gasteiger partial charge in [0.2, 0.25) is 5.91 Å². The van der Waals surface area contributed by atoms with Gasteiger partial charge in [0.25, 0.3) is 0 Å². The summed E-state index contributed by atoms with van der Waals surface area (Å²) in [5.41, 5.74) is 5.55.